The average molecular weight is 384 g/mol. The number of fused-ring (bicyclic) bond motifs is 1. The maximum Gasteiger partial charge on any atom is 0.410 e. The number of nitrogens with zero attached hydrogens (tertiary/aromatic N) is 4. The molecule has 0 saturated carbocycles. The van der Waals surface area contributed by atoms with Crippen LogP contribution in [0.2, 0.25) is 0 Å². The van der Waals surface area contributed by atoms with E-state index < -0.39 is 0 Å². The van der Waals surface area contributed by atoms with Crippen molar-refractivity contribution in [2.24, 2.45) is 0 Å². The second-order valence-electron chi connectivity index (χ2n) is 5.53. The molecule has 3 heterocycles. The Hall–Kier alpha value is -1.87. The lowest BCUT2D eigenvalue weighted by molar-refractivity contribution is -0.0363. The fourth-order valence-corrected chi connectivity index (χ4v) is 3.09. The largest absolute Gasteiger partial charge is 0.447 e. The zero-order valence-electron chi connectivity index (χ0n) is 12.9. The van der Waals surface area contributed by atoms with Gasteiger partial charge in [-0.1, -0.05) is 0 Å². The highest BCUT2D eigenvalue weighted by Gasteiger charge is 2.30. The van der Waals surface area contributed by atoms with Crippen molar-refractivity contribution >= 4 is 33.4 Å². The molecular formula is C14H18BrN5O3. The number of rotatable bonds is 2. The van der Waals surface area contributed by atoms with Gasteiger partial charge in [-0.25, -0.2) is 14.8 Å². The summed E-state index contributed by atoms with van der Waals surface area (Å²) < 4.78 is 13.5. The van der Waals surface area contributed by atoms with Gasteiger partial charge in [0.1, 0.15) is 22.0 Å². The topological polar surface area (TPSA) is 95.0 Å². The van der Waals surface area contributed by atoms with Gasteiger partial charge in [0, 0.05) is 18.9 Å². The molecule has 1 aliphatic rings. The van der Waals surface area contributed by atoms with Crippen LogP contribution >= 0.6 is 15.9 Å². The first kappa shape index (κ1) is 16.0. The highest BCUT2D eigenvalue weighted by molar-refractivity contribution is 9.10. The molecule has 0 aromatic carbocycles. The number of ether oxygens (including phenoxy) is 2. The van der Waals surface area contributed by atoms with Crippen LogP contribution in [0, 0.1) is 0 Å². The molecule has 1 saturated heterocycles. The van der Waals surface area contributed by atoms with Crippen LogP contribution in [0.4, 0.5) is 10.6 Å². The zero-order valence-corrected chi connectivity index (χ0v) is 14.5. The van der Waals surface area contributed by atoms with Crippen LogP contribution < -0.4 is 5.73 Å². The smallest absolute Gasteiger partial charge is 0.410 e. The standard InChI is InChI=1S/C14H18BrN5O3/c1-8(2)23-14(21)19-5-6-22-9(7-19)13-18-11(15)10-12(16)17-3-4-20(10)13/h3-4,8-9H,5-7H2,1-2H3,(H2,16,17). The molecule has 124 valence electrons. The van der Waals surface area contributed by atoms with E-state index in [1.54, 1.807) is 17.3 Å². The van der Waals surface area contributed by atoms with E-state index in [1.807, 2.05) is 18.2 Å². The van der Waals surface area contributed by atoms with Crippen molar-refractivity contribution in [3.63, 3.8) is 0 Å². The number of amides is 1. The minimum Gasteiger partial charge on any atom is -0.447 e. The summed E-state index contributed by atoms with van der Waals surface area (Å²) in [5, 5.41) is 0. The molecule has 2 N–H and O–H groups in total. The molecule has 1 fully saturated rings. The van der Waals surface area contributed by atoms with Crippen molar-refractivity contribution in [1.82, 2.24) is 19.3 Å². The second kappa shape index (κ2) is 6.32. The van der Waals surface area contributed by atoms with E-state index in [0.29, 0.717) is 41.5 Å². The summed E-state index contributed by atoms with van der Waals surface area (Å²) in [5.41, 5.74) is 6.59. The second-order valence-corrected chi connectivity index (χ2v) is 6.28. The molecule has 3 rings (SSSR count). The zero-order chi connectivity index (χ0) is 16.6. The maximum atomic E-state index is 12.1. The summed E-state index contributed by atoms with van der Waals surface area (Å²) in [6.07, 6.45) is 2.52. The molecule has 0 spiro atoms. The number of hydrogen-bond donors (Lipinski definition) is 1. The number of carbonyl (C=O) groups excluding carboxylic acids is 1. The van der Waals surface area contributed by atoms with E-state index in [-0.39, 0.29) is 18.3 Å². The third kappa shape index (κ3) is 3.11. The first-order valence-corrected chi connectivity index (χ1v) is 8.11. The summed E-state index contributed by atoms with van der Waals surface area (Å²) in [5.74, 6) is 1.05. The van der Waals surface area contributed by atoms with Gasteiger partial charge in [-0.3, -0.25) is 4.40 Å². The quantitative estimate of drug-likeness (QED) is 0.851. The van der Waals surface area contributed by atoms with Crippen molar-refractivity contribution in [2.75, 3.05) is 25.4 Å². The first-order valence-electron chi connectivity index (χ1n) is 7.32. The Morgan fingerprint density at radius 3 is 3.09 bits per heavy atom. The van der Waals surface area contributed by atoms with Gasteiger partial charge in [-0.05, 0) is 29.8 Å². The van der Waals surface area contributed by atoms with Gasteiger partial charge in [0.2, 0.25) is 0 Å². The van der Waals surface area contributed by atoms with E-state index in [1.165, 1.54) is 0 Å². The summed E-state index contributed by atoms with van der Waals surface area (Å²) >= 11 is 3.40. The molecule has 0 bridgehead atoms. The van der Waals surface area contributed by atoms with Crippen LogP contribution in [-0.2, 0) is 9.47 Å². The van der Waals surface area contributed by atoms with Gasteiger partial charge in [-0.15, -0.1) is 0 Å². The van der Waals surface area contributed by atoms with Crippen molar-refractivity contribution in [2.45, 2.75) is 26.1 Å². The summed E-state index contributed by atoms with van der Waals surface area (Å²) in [4.78, 5) is 22.3. The fraction of sp³-hybridized carbons (Fsp3) is 0.500. The Bertz CT molecular complexity index is 733. The number of morpholine rings is 1. The minimum atomic E-state index is -0.357. The van der Waals surface area contributed by atoms with Crippen molar-refractivity contribution < 1.29 is 14.3 Å². The Balaban J connectivity index is 1.87. The van der Waals surface area contributed by atoms with E-state index in [4.69, 9.17) is 15.2 Å². The molecule has 1 aliphatic heterocycles. The molecule has 23 heavy (non-hydrogen) atoms. The fourth-order valence-electron chi connectivity index (χ4n) is 2.52. The molecule has 9 heteroatoms. The van der Waals surface area contributed by atoms with Gasteiger partial charge in [0.15, 0.2) is 5.82 Å². The molecule has 0 radical (unpaired) electrons. The molecular weight excluding hydrogens is 366 g/mol. The molecule has 2 aromatic rings. The monoisotopic (exact) mass is 383 g/mol. The van der Waals surface area contributed by atoms with Crippen molar-refractivity contribution in [1.29, 1.82) is 0 Å². The van der Waals surface area contributed by atoms with Crippen molar-refractivity contribution in [3.8, 4) is 0 Å². The van der Waals surface area contributed by atoms with Crippen LogP contribution in [0.15, 0.2) is 17.0 Å². The molecule has 1 amide bonds. The van der Waals surface area contributed by atoms with Gasteiger partial charge in [0.25, 0.3) is 0 Å². The Kier molecular flexibility index (Phi) is 4.40. The summed E-state index contributed by atoms with van der Waals surface area (Å²) in [6.45, 7) is 4.94. The number of hydrogen-bond acceptors (Lipinski definition) is 6. The van der Waals surface area contributed by atoms with Gasteiger partial charge < -0.3 is 20.1 Å². The highest BCUT2D eigenvalue weighted by Crippen LogP contribution is 2.29. The van der Waals surface area contributed by atoms with E-state index in [2.05, 4.69) is 25.9 Å². The minimum absolute atomic E-state index is 0.156. The third-order valence-corrected chi connectivity index (χ3v) is 4.07. The summed E-state index contributed by atoms with van der Waals surface area (Å²) in [6, 6.07) is 0. The molecule has 0 aliphatic carbocycles. The van der Waals surface area contributed by atoms with E-state index in [0.717, 1.165) is 0 Å². The summed E-state index contributed by atoms with van der Waals surface area (Å²) in [7, 11) is 0. The number of imidazole rings is 1. The predicted octanol–water partition coefficient (Wildman–Crippen LogP) is 1.99. The highest BCUT2D eigenvalue weighted by atomic mass is 79.9. The SMILES string of the molecule is CC(C)OC(=O)N1CCOC(c2nc(Br)c3c(N)nccn23)C1. The molecule has 8 nitrogen and oxygen atoms in total. The number of carbonyl (C=O) groups is 1. The van der Waals surface area contributed by atoms with Gasteiger partial charge >= 0.3 is 6.09 Å². The third-order valence-electron chi connectivity index (χ3n) is 3.52. The normalized spacial score (nSPS) is 18.6. The number of anilines is 1. The Morgan fingerprint density at radius 2 is 2.35 bits per heavy atom. The van der Waals surface area contributed by atoms with E-state index >= 15 is 0 Å². The van der Waals surface area contributed by atoms with Crippen LogP contribution in [-0.4, -0.2) is 51.2 Å². The van der Waals surface area contributed by atoms with Crippen LogP contribution in [0.3, 0.4) is 0 Å². The predicted molar refractivity (Wildman–Crippen MR) is 87.0 cm³/mol. The van der Waals surface area contributed by atoms with Gasteiger partial charge in [0.05, 0.1) is 19.3 Å². The number of aromatic nitrogens is 3. The molecule has 2 aromatic heterocycles. The molecule has 1 unspecified atom stereocenters. The first-order chi connectivity index (χ1) is 11.0. The lowest BCUT2D eigenvalue weighted by Crippen LogP contribution is -2.43. The van der Waals surface area contributed by atoms with Crippen LogP contribution in [0.25, 0.3) is 5.52 Å². The number of halogens is 1. The lowest BCUT2D eigenvalue weighted by Gasteiger charge is -2.32. The van der Waals surface area contributed by atoms with Gasteiger partial charge in [-0.2, -0.15) is 0 Å². The molecule has 1 atom stereocenters. The number of nitrogens with two attached hydrogens (primary N) is 1. The lowest BCUT2D eigenvalue weighted by atomic mass is 10.2. The van der Waals surface area contributed by atoms with Crippen LogP contribution in [0.1, 0.15) is 25.8 Å². The Morgan fingerprint density at radius 1 is 1.57 bits per heavy atom. The van der Waals surface area contributed by atoms with Crippen molar-refractivity contribution in [3.05, 3.63) is 22.8 Å². The number of nitrogen functional groups attached to an aromatic ring is 1. The maximum absolute atomic E-state index is 12.1. The van der Waals surface area contributed by atoms with Crippen LogP contribution in [0.5, 0.6) is 0 Å². The Labute approximate surface area is 141 Å². The van der Waals surface area contributed by atoms with E-state index in [9.17, 15) is 4.79 Å². The average Bonchev–Trinajstić information content (AvgIpc) is 2.85.